The van der Waals surface area contributed by atoms with Crippen molar-refractivity contribution in [3.63, 3.8) is 0 Å². The molecule has 6 rings (SSSR count). The monoisotopic (exact) mass is 632 g/mol. The minimum atomic E-state index is -1.08. The van der Waals surface area contributed by atoms with Crippen molar-refractivity contribution >= 4 is 40.0 Å². The number of aliphatic carboxylic acids is 2. The zero-order valence-electron chi connectivity index (χ0n) is 26.5. The highest BCUT2D eigenvalue weighted by atomic mass is 16.4. The molecule has 240 valence electrons. The number of hydrogen-bond acceptors (Lipinski definition) is 5. The summed E-state index contributed by atoms with van der Waals surface area (Å²) in [5, 5.41) is 25.4. The first-order chi connectivity index (χ1) is 22.6. The van der Waals surface area contributed by atoms with Gasteiger partial charge in [-0.15, -0.1) is 0 Å². The second-order valence-electron chi connectivity index (χ2n) is 11.3. The third-order valence-electron chi connectivity index (χ3n) is 7.96. The Morgan fingerprint density at radius 3 is 2.06 bits per heavy atom. The van der Waals surface area contributed by atoms with E-state index < -0.39 is 17.9 Å². The number of para-hydroxylation sites is 2. The first kappa shape index (κ1) is 32.6. The van der Waals surface area contributed by atoms with E-state index in [1.807, 2.05) is 42.5 Å². The number of aromatic nitrogens is 4. The average Bonchev–Trinajstić information content (AvgIpc) is 3.58. The molecule has 0 aliphatic rings. The Balaban J connectivity index is 0.000000483. The van der Waals surface area contributed by atoms with Crippen LogP contribution in [0.1, 0.15) is 53.5 Å². The van der Waals surface area contributed by atoms with Gasteiger partial charge < -0.3 is 24.5 Å². The highest BCUT2D eigenvalue weighted by molar-refractivity contribution is 5.96. The molecular formula is C37H36N4O6. The van der Waals surface area contributed by atoms with E-state index >= 15 is 0 Å². The maximum Gasteiger partial charge on any atom is 0.336 e. The van der Waals surface area contributed by atoms with Crippen LogP contribution in [-0.2, 0) is 29.6 Å². The summed E-state index contributed by atoms with van der Waals surface area (Å²) < 4.78 is 4.47. The van der Waals surface area contributed by atoms with Gasteiger partial charge in [0.2, 0.25) is 0 Å². The van der Waals surface area contributed by atoms with Crippen LogP contribution in [0.5, 0.6) is 0 Å². The van der Waals surface area contributed by atoms with E-state index in [1.165, 1.54) is 0 Å². The lowest BCUT2D eigenvalue weighted by Gasteiger charge is -2.12. The summed E-state index contributed by atoms with van der Waals surface area (Å²) in [6.07, 6.45) is 1.30. The number of rotatable bonds is 10. The molecule has 47 heavy (non-hydrogen) atoms. The van der Waals surface area contributed by atoms with E-state index in [0.717, 1.165) is 74.4 Å². The summed E-state index contributed by atoms with van der Waals surface area (Å²) in [6, 6.07) is 27.9. The van der Waals surface area contributed by atoms with Crippen LogP contribution in [0.3, 0.4) is 0 Å². The number of aryl methyl sites for hydroxylation is 3. The Labute approximate surface area is 271 Å². The van der Waals surface area contributed by atoms with Gasteiger partial charge in [0, 0.05) is 25.6 Å². The van der Waals surface area contributed by atoms with Gasteiger partial charge in [0.05, 0.1) is 40.5 Å². The molecule has 0 unspecified atom stereocenters. The molecule has 0 radical (unpaired) electrons. The van der Waals surface area contributed by atoms with Crippen LogP contribution in [0.15, 0.2) is 84.9 Å². The Hall–Kier alpha value is -5.77. The maximum atomic E-state index is 11.7. The Morgan fingerprint density at radius 1 is 0.766 bits per heavy atom. The standard InChI is InChI=1S/C33H30N4O2.C4H6O4/c1-4-9-30-35-31-21(2)18-24(32-34-27-12-7-8-13-28(27)36(32)3)19-29(31)37(30)20-22-14-16-23(17-15-22)25-10-5-6-11-26(25)33(38)39;5-3(6)1-2-4(7)8/h5-8,10-19H,4,9,20H2,1-3H3,(H,38,39);1-2H2,(H,5,6)(H,7,8). The number of benzene rings is 4. The fourth-order valence-electron chi connectivity index (χ4n) is 5.67. The smallest absolute Gasteiger partial charge is 0.336 e. The van der Waals surface area contributed by atoms with Crippen molar-refractivity contribution in [1.82, 2.24) is 19.1 Å². The normalized spacial score (nSPS) is 11.0. The van der Waals surface area contributed by atoms with E-state index in [2.05, 4.69) is 60.4 Å². The van der Waals surface area contributed by atoms with Gasteiger partial charge in [0.15, 0.2) is 0 Å². The third kappa shape index (κ3) is 7.22. The van der Waals surface area contributed by atoms with Gasteiger partial charge in [-0.05, 0) is 65.9 Å². The average molecular weight is 633 g/mol. The molecule has 2 aromatic heterocycles. The zero-order valence-corrected chi connectivity index (χ0v) is 26.5. The van der Waals surface area contributed by atoms with Crippen molar-refractivity contribution in [1.29, 1.82) is 0 Å². The molecule has 0 saturated heterocycles. The summed E-state index contributed by atoms with van der Waals surface area (Å²) in [5.41, 5.74) is 9.46. The highest BCUT2D eigenvalue weighted by Crippen LogP contribution is 2.31. The van der Waals surface area contributed by atoms with Crippen molar-refractivity contribution < 1.29 is 29.7 Å². The second kappa shape index (κ2) is 14.1. The molecular weight excluding hydrogens is 596 g/mol. The molecule has 0 bridgehead atoms. The van der Waals surface area contributed by atoms with E-state index in [-0.39, 0.29) is 12.8 Å². The number of nitrogens with zero attached hydrogens (tertiary/aromatic N) is 4. The van der Waals surface area contributed by atoms with Crippen LogP contribution < -0.4 is 0 Å². The lowest BCUT2D eigenvalue weighted by atomic mass is 9.98. The first-order valence-electron chi connectivity index (χ1n) is 15.3. The van der Waals surface area contributed by atoms with E-state index in [1.54, 1.807) is 12.1 Å². The van der Waals surface area contributed by atoms with Crippen LogP contribution in [0.25, 0.3) is 44.6 Å². The summed E-state index contributed by atoms with van der Waals surface area (Å²) in [6.45, 7) is 4.98. The topological polar surface area (TPSA) is 148 Å². The highest BCUT2D eigenvalue weighted by Gasteiger charge is 2.18. The van der Waals surface area contributed by atoms with E-state index in [9.17, 15) is 19.5 Å². The van der Waals surface area contributed by atoms with Gasteiger partial charge in [-0.3, -0.25) is 9.59 Å². The molecule has 3 N–H and O–H groups in total. The summed E-state index contributed by atoms with van der Waals surface area (Å²) in [7, 11) is 2.06. The third-order valence-corrected chi connectivity index (χ3v) is 7.96. The van der Waals surface area contributed by atoms with E-state index in [0.29, 0.717) is 12.1 Å². The van der Waals surface area contributed by atoms with Gasteiger partial charge in [-0.2, -0.15) is 0 Å². The second-order valence-corrected chi connectivity index (χ2v) is 11.3. The lowest BCUT2D eigenvalue weighted by molar-refractivity contribution is -0.143. The first-order valence-corrected chi connectivity index (χ1v) is 15.3. The minimum Gasteiger partial charge on any atom is -0.481 e. The van der Waals surface area contributed by atoms with Crippen LogP contribution in [0.2, 0.25) is 0 Å². The molecule has 10 heteroatoms. The number of carboxylic acids is 3. The zero-order chi connectivity index (χ0) is 33.7. The predicted octanol–water partition coefficient (Wildman–Crippen LogP) is 7.20. The predicted molar refractivity (Wildman–Crippen MR) is 181 cm³/mol. The summed E-state index contributed by atoms with van der Waals surface area (Å²) in [5.74, 6) is -1.07. The molecule has 6 aromatic rings. The van der Waals surface area contributed by atoms with Gasteiger partial charge >= 0.3 is 17.9 Å². The molecule has 2 heterocycles. The molecule has 4 aromatic carbocycles. The van der Waals surface area contributed by atoms with Crippen molar-refractivity contribution in [2.75, 3.05) is 0 Å². The molecule has 0 aliphatic heterocycles. The van der Waals surface area contributed by atoms with Gasteiger partial charge in [-0.1, -0.05) is 61.5 Å². The van der Waals surface area contributed by atoms with Crippen molar-refractivity contribution in [2.45, 2.75) is 46.1 Å². The maximum absolute atomic E-state index is 11.7. The van der Waals surface area contributed by atoms with Crippen molar-refractivity contribution in [2.24, 2.45) is 7.05 Å². The SMILES string of the molecule is CCCc1nc2c(C)cc(-c3nc4ccccc4n3C)cc2n1Cc1ccc(-c2ccccc2C(=O)O)cc1.O=C(O)CCC(=O)O. The number of hydrogen-bond donors (Lipinski definition) is 3. The quantitative estimate of drug-likeness (QED) is 0.144. The molecule has 0 atom stereocenters. The minimum absolute atomic E-state index is 0.296. The van der Waals surface area contributed by atoms with Crippen molar-refractivity contribution in [3.05, 3.63) is 107 Å². The van der Waals surface area contributed by atoms with Crippen LogP contribution >= 0.6 is 0 Å². The van der Waals surface area contributed by atoms with Crippen LogP contribution in [0, 0.1) is 6.92 Å². The number of imidazole rings is 2. The Morgan fingerprint density at radius 2 is 1.43 bits per heavy atom. The molecule has 0 spiro atoms. The summed E-state index contributed by atoms with van der Waals surface area (Å²) >= 11 is 0. The van der Waals surface area contributed by atoms with Crippen molar-refractivity contribution in [3.8, 4) is 22.5 Å². The fourth-order valence-corrected chi connectivity index (χ4v) is 5.67. The number of fused-ring (bicyclic) bond motifs is 2. The Kier molecular flexibility index (Phi) is 9.80. The molecule has 0 amide bonds. The lowest BCUT2D eigenvalue weighted by Crippen LogP contribution is -2.05. The van der Waals surface area contributed by atoms with Gasteiger partial charge in [0.1, 0.15) is 11.6 Å². The van der Waals surface area contributed by atoms with Crippen LogP contribution in [-0.4, -0.2) is 52.3 Å². The number of aromatic carboxylic acids is 1. The Bertz CT molecular complexity index is 2080. The van der Waals surface area contributed by atoms with E-state index in [4.69, 9.17) is 20.2 Å². The molecule has 0 saturated carbocycles. The van der Waals surface area contributed by atoms with Gasteiger partial charge in [-0.25, -0.2) is 14.8 Å². The fraction of sp³-hybridized carbons (Fsp3) is 0.216. The number of carboxylic acid groups (broad SMARTS) is 3. The van der Waals surface area contributed by atoms with Gasteiger partial charge in [0.25, 0.3) is 0 Å². The molecule has 0 fully saturated rings. The summed E-state index contributed by atoms with van der Waals surface area (Å²) in [4.78, 5) is 41.0. The molecule has 10 nitrogen and oxygen atoms in total. The largest absolute Gasteiger partial charge is 0.481 e. The van der Waals surface area contributed by atoms with Crippen LogP contribution in [0.4, 0.5) is 0 Å². The molecule has 0 aliphatic carbocycles. The number of carbonyl (C=O) groups is 3.